The van der Waals surface area contributed by atoms with Crippen molar-refractivity contribution in [1.82, 2.24) is 10.2 Å². The summed E-state index contributed by atoms with van der Waals surface area (Å²) in [5, 5.41) is 3.16. The molecule has 3 nitrogen and oxygen atoms in total. The molecule has 1 atom stereocenters. The highest BCUT2D eigenvalue weighted by molar-refractivity contribution is 9.11. The molecular weight excluding hydrogens is 396 g/mol. The minimum Gasteiger partial charge on any atom is -0.491 e. The molecule has 1 heterocycles. The first-order valence-corrected chi connectivity index (χ1v) is 9.16. The summed E-state index contributed by atoms with van der Waals surface area (Å²) in [4.78, 5) is 2.47. The number of rotatable bonds is 6. The normalized spacial score (nSPS) is 19.7. The van der Waals surface area contributed by atoms with Crippen LogP contribution in [0, 0.1) is 0 Å². The van der Waals surface area contributed by atoms with Crippen molar-refractivity contribution in [2.75, 3.05) is 27.2 Å². The van der Waals surface area contributed by atoms with Crippen molar-refractivity contribution in [3.05, 3.63) is 26.6 Å². The summed E-state index contributed by atoms with van der Waals surface area (Å²) in [5.41, 5.74) is 1.23. The monoisotopic (exact) mass is 418 g/mol. The molecule has 0 spiro atoms. The molecule has 0 amide bonds. The summed E-state index contributed by atoms with van der Waals surface area (Å²) in [5.74, 6) is 0.910. The van der Waals surface area contributed by atoms with Crippen molar-refractivity contribution >= 4 is 31.9 Å². The molecule has 1 saturated heterocycles. The number of ether oxygens (including phenoxy) is 1. The maximum Gasteiger partial charge on any atom is 0.147 e. The fourth-order valence-corrected chi connectivity index (χ4v) is 4.37. The van der Waals surface area contributed by atoms with Crippen LogP contribution in [0.3, 0.4) is 0 Å². The van der Waals surface area contributed by atoms with Gasteiger partial charge in [0.1, 0.15) is 5.75 Å². The van der Waals surface area contributed by atoms with E-state index in [4.69, 9.17) is 4.74 Å². The van der Waals surface area contributed by atoms with Gasteiger partial charge in [0.25, 0.3) is 0 Å². The summed E-state index contributed by atoms with van der Waals surface area (Å²) in [7, 11) is 4.18. The maximum absolute atomic E-state index is 6.01. The Kier molecular flexibility index (Phi) is 6.99. The number of hydrogen-bond acceptors (Lipinski definition) is 3. The summed E-state index contributed by atoms with van der Waals surface area (Å²) < 4.78 is 8.04. The number of benzene rings is 1. The van der Waals surface area contributed by atoms with Crippen molar-refractivity contribution in [1.29, 1.82) is 0 Å². The van der Waals surface area contributed by atoms with Gasteiger partial charge in [-0.25, -0.2) is 0 Å². The molecule has 2 rings (SSSR count). The number of likely N-dealkylation sites (tertiary alicyclic amines) is 1. The van der Waals surface area contributed by atoms with Crippen molar-refractivity contribution < 1.29 is 4.74 Å². The van der Waals surface area contributed by atoms with Gasteiger partial charge < -0.3 is 15.0 Å². The van der Waals surface area contributed by atoms with Crippen molar-refractivity contribution in [2.45, 2.75) is 38.3 Å². The molecule has 1 aliphatic heterocycles. The molecule has 21 heavy (non-hydrogen) atoms. The SMILES string of the molecule is CNCc1cc(Br)c(OCCC2CCCCN2C)c(Br)c1. The topological polar surface area (TPSA) is 24.5 Å². The number of halogens is 2. The predicted molar refractivity (Wildman–Crippen MR) is 95.0 cm³/mol. The van der Waals surface area contributed by atoms with Gasteiger partial charge in [0.15, 0.2) is 0 Å². The Morgan fingerprint density at radius 3 is 2.62 bits per heavy atom. The van der Waals surface area contributed by atoms with Crippen molar-refractivity contribution in [3.8, 4) is 5.75 Å². The van der Waals surface area contributed by atoms with Gasteiger partial charge in [-0.1, -0.05) is 6.42 Å². The third-order valence-electron chi connectivity index (χ3n) is 4.06. The fourth-order valence-electron chi connectivity index (χ4n) is 2.86. The lowest BCUT2D eigenvalue weighted by atomic mass is 10.0. The standard InChI is InChI=1S/C16H24Br2N2O/c1-19-11-12-9-14(17)16(15(18)10-12)21-8-6-13-5-3-4-7-20(13)2/h9-10,13,19H,3-8,11H2,1-2H3. The zero-order valence-corrected chi connectivity index (χ0v) is 16.0. The molecule has 0 bridgehead atoms. The lowest BCUT2D eigenvalue weighted by molar-refractivity contribution is 0.152. The minimum absolute atomic E-state index is 0.667. The van der Waals surface area contributed by atoms with E-state index in [-0.39, 0.29) is 0 Å². The van der Waals surface area contributed by atoms with E-state index in [1.54, 1.807) is 0 Å². The van der Waals surface area contributed by atoms with Crippen LogP contribution in [-0.2, 0) is 6.54 Å². The quantitative estimate of drug-likeness (QED) is 0.748. The number of piperidine rings is 1. The van der Waals surface area contributed by atoms with Gasteiger partial charge >= 0.3 is 0 Å². The van der Waals surface area contributed by atoms with Crippen LogP contribution in [0.15, 0.2) is 21.1 Å². The summed E-state index contributed by atoms with van der Waals surface area (Å²) in [6.07, 6.45) is 5.07. The van der Waals surface area contributed by atoms with E-state index in [9.17, 15) is 0 Å². The van der Waals surface area contributed by atoms with E-state index in [1.165, 1.54) is 31.4 Å². The first kappa shape index (κ1) is 17.3. The molecule has 1 fully saturated rings. The van der Waals surface area contributed by atoms with Crippen LogP contribution in [0.2, 0.25) is 0 Å². The second-order valence-corrected chi connectivity index (χ2v) is 7.39. The molecule has 0 aromatic heterocycles. The largest absolute Gasteiger partial charge is 0.491 e. The lowest BCUT2D eigenvalue weighted by Crippen LogP contribution is -2.37. The molecule has 1 aliphatic rings. The highest BCUT2D eigenvalue weighted by atomic mass is 79.9. The van der Waals surface area contributed by atoms with Crippen molar-refractivity contribution in [3.63, 3.8) is 0 Å². The average Bonchev–Trinajstić information content (AvgIpc) is 2.44. The molecule has 1 aromatic carbocycles. The van der Waals surface area contributed by atoms with Crippen LogP contribution in [0.5, 0.6) is 5.75 Å². The van der Waals surface area contributed by atoms with Gasteiger partial charge in [0.05, 0.1) is 15.6 Å². The smallest absolute Gasteiger partial charge is 0.147 e. The first-order chi connectivity index (χ1) is 10.1. The molecule has 0 aliphatic carbocycles. The molecule has 118 valence electrons. The Hall–Kier alpha value is -0.100. The molecule has 1 unspecified atom stereocenters. The number of nitrogens with zero attached hydrogens (tertiary/aromatic N) is 1. The predicted octanol–water partition coefficient (Wildman–Crippen LogP) is 4.18. The average molecular weight is 420 g/mol. The minimum atomic E-state index is 0.667. The van der Waals surface area contributed by atoms with Gasteiger partial charge in [-0.2, -0.15) is 0 Å². The molecule has 1 N–H and O–H groups in total. The highest BCUT2D eigenvalue weighted by Crippen LogP contribution is 2.35. The van der Waals surface area contributed by atoms with Gasteiger partial charge in [-0.15, -0.1) is 0 Å². The molecule has 5 heteroatoms. The Balaban J connectivity index is 1.90. The van der Waals surface area contributed by atoms with Crippen LogP contribution < -0.4 is 10.1 Å². The van der Waals surface area contributed by atoms with Crippen LogP contribution in [0.1, 0.15) is 31.2 Å². The zero-order chi connectivity index (χ0) is 15.2. The first-order valence-electron chi connectivity index (χ1n) is 7.57. The van der Waals surface area contributed by atoms with Gasteiger partial charge in [0.2, 0.25) is 0 Å². The Morgan fingerprint density at radius 1 is 1.29 bits per heavy atom. The maximum atomic E-state index is 6.01. The van der Waals surface area contributed by atoms with Crippen LogP contribution in [-0.4, -0.2) is 38.2 Å². The van der Waals surface area contributed by atoms with Gasteiger partial charge in [0, 0.05) is 12.6 Å². The second-order valence-electron chi connectivity index (χ2n) is 5.69. The molecule has 0 saturated carbocycles. The zero-order valence-electron chi connectivity index (χ0n) is 12.8. The van der Waals surface area contributed by atoms with Crippen LogP contribution in [0.4, 0.5) is 0 Å². The summed E-state index contributed by atoms with van der Waals surface area (Å²) in [6.45, 7) is 2.83. The summed E-state index contributed by atoms with van der Waals surface area (Å²) in [6, 6.07) is 4.90. The third-order valence-corrected chi connectivity index (χ3v) is 5.24. The molecule has 1 aromatic rings. The highest BCUT2D eigenvalue weighted by Gasteiger charge is 2.19. The van der Waals surface area contributed by atoms with E-state index in [2.05, 4.69) is 61.3 Å². The van der Waals surface area contributed by atoms with Crippen LogP contribution in [0.25, 0.3) is 0 Å². The van der Waals surface area contributed by atoms with Crippen LogP contribution >= 0.6 is 31.9 Å². The fraction of sp³-hybridized carbons (Fsp3) is 0.625. The number of hydrogen-bond donors (Lipinski definition) is 1. The molecule has 0 radical (unpaired) electrons. The lowest BCUT2D eigenvalue weighted by Gasteiger charge is -2.32. The Morgan fingerprint density at radius 2 is 2.00 bits per heavy atom. The van der Waals surface area contributed by atoms with Crippen molar-refractivity contribution in [2.24, 2.45) is 0 Å². The summed E-state index contributed by atoms with van der Waals surface area (Å²) >= 11 is 7.23. The Labute approximate surface area is 144 Å². The second kappa shape index (κ2) is 8.51. The van der Waals surface area contributed by atoms with E-state index in [0.29, 0.717) is 6.04 Å². The van der Waals surface area contributed by atoms with E-state index < -0.39 is 0 Å². The third kappa shape index (κ3) is 4.95. The van der Waals surface area contributed by atoms with Gasteiger partial charge in [-0.3, -0.25) is 0 Å². The van der Waals surface area contributed by atoms with E-state index in [1.807, 2.05) is 7.05 Å². The van der Waals surface area contributed by atoms with E-state index >= 15 is 0 Å². The number of nitrogens with one attached hydrogen (secondary N) is 1. The Bertz CT molecular complexity index is 445. The van der Waals surface area contributed by atoms with Gasteiger partial charge in [-0.05, 0) is 89.5 Å². The van der Waals surface area contributed by atoms with E-state index in [0.717, 1.165) is 34.3 Å². The molecular formula is C16H24Br2N2O.